The normalized spacial score (nSPS) is 12.9. The van der Waals surface area contributed by atoms with Crippen LogP contribution in [0, 0.1) is 0 Å². The number of hydrogen-bond donors (Lipinski definition) is 2. The first-order chi connectivity index (χ1) is 9.40. The van der Waals surface area contributed by atoms with Crippen molar-refractivity contribution in [1.29, 1.82) is 0 Å². The molecule has 0 bridgehead atoms. The van der Waals surface area contributed by atoms with Gasteiger partial charge in [0.1, 0.15) is 17.9 Å². The van der Waals surface area contributed by atoms with E-state index in [1.54, 1.807) is 39.1 Å². The van der Waals surface area contributed by atoms with Gasteiger partial charge in [0, 0.05) is 10.9 Å². The molecule has 1 aromatic carbocycles. The summed E-state index contributed by atoms with van der Waals surface area (Å²) in [6, 6.07) is 4.66. The molecule has 0 aliphatic rings. The van der Waals surface area contributed by atoms with E-state index in [-0.39, 0.29) is 0 Å². The zero-order chi connectivity index (χ0) is 14.8. The molecule has 1 unspecified atom stereocenters. The minimum atomic E-state index is -0.783. The van der Waals surface area contributed by atoms with E-state index in [2.05, 4.69) is 15.5 Å². The second kappa shape index (κ2) is 5.32. The quantitative estimate of drug-likeness (QED) is 0.842. The highest BCUT2D eigenvalue weighted by atomic mass is 16.6. The molecule has 2 aromatic rings. The number of fused-ring (bicyclic) bond motifs is 1. The van der Waals surface area contributed by atoms with Gasteiger partial charge < -0.3 is 14.8 Å². The van der Waals surface area contributed by atoms with Crippen LogP contribution in [0.3, 0.4) is 0 Å². The molecular formula is C14H17N3O3. The van der Waals surface area contributed by atoms with Crippen LogP contribution in [0.1, 0.15) is 32.4 Å². The summed E-state index contributed by atoms with van der Waals surface area (Å²) in [4.78, 5) is 23.0. The molecule has 0 radical (unpaired) electrons. The van der Waals surface area contributed by atoms with Gasteiger partial charge in [-0.3, -0.25) is 5.10 Å². The number of carbonyl (C=O) groups is 2. The summed E-state index contributed by atoms with van der Waals surface area (Å²) < 4.78 is 5.15. The Balaban J connectivity index is 2.22. The molecule has 6 nitrogen and oxygen atoms in total. The fourth-order valence-corrected chi connectivity index (χ4v) is 1.87. The number of alkyl carbamates (subject to hydrolysis) is 1. The Morgan fingerprint density at radius 2 is 2.20 bits per heavy atom. The second-order valence-corrected chi connectivity index (χ2v) is 5.44. The minimum absolute atomic E-state index is 0.614. The van der Waals surface area contributed by atoms with E-state index < -0.39 is 17.7 Å². The first-order valence-corrected chi connectivity index (χ1v) is 6.27. The standard InChI is InChI=1S/C14H17N3O3/c1-14(2,3)20-13(19)16-11(8-18)10-6-4-5-9-7-15-17-12(9)10/h4-8,11H,1-3H3,(H,15,17)(H,16,19). The maximum atomic E-state index is 11.8. The van der Waals surface area contributed by atoms with Gasteiger partial charge in [-0.1, -0.05) is 18.2 Å². The third-order valence-electron chi connectivity index (χ3n) is 2.65. The van der Waals surface area contributed by atoms with Crippen LogP contribution in [0.2, 0.25) is 0 Å². The predicted molar refractivity (Wildman–Crippen MR) is 74.3 cm³/mol. The summed E-state index contributed by atoms with van der Waals surface area (Å²) in [6.45, 7) is 5.29. The number of H-pyrrole nitrogens is 1. The topological polar surface area (TPSA) is 84.1 Å². The van der Waals surface area contributed by atoms with E-state index in [0.29, 0.717) is 11.8 Å². The van der Waals surface area contributed by atoms with Gasteiger partial charge in [-0.25, -0.2) is 4.79 Å². The van der Waals surface area contributed by atoms with Gasteiger partial charge in [0.2, 0.25) is 0 Å². The zero-order valence-electron chi connectivity index (χ0n) is 11.6. The molecule has 1 amide bonds. The fourth-order valence-electron chi connectivity index (χ4n) is 1.87. The summed E-state index contributed by atoms with van der Waals surface area (Å²) in [6.07, 6.45) is 1.69. The highest BCUT2D eigenvalue weighted by Gasteiger charge is 2.21. The van der Waals surface area contributed by atoms with Crippen molar-refractivity contribution in [2.75, 3.05) is 0 Å². The fraction of sp³-hybridized carbons (Fsp3) is 0.357. The molecule has 0 fully saturated rings. The molecule has 0 aliphatic heterocycles. The van der Waals surface area contributed by atoms with Crippen molar-refractivity contribution in [3.63, 3.8) is 0 Å². The lowest BCUT2D eigenvalue weighted by atomic mass is 10.1. The number of nitrogens with one attached hydrogen (secondary N) is 2. The van der Waals surface area contributed by atoms with E-state index in [1.807, 2.05) is 6.07 Å². The summed E-state index contributed by atoms with van der Waals surface area (Å²) in [5.41, 5.74) is 0.763. The second-order valence-electron chi connectivity index (χ2n) is 5.44. The van der Waals surface area contributed by atoms with Crippen LogP contribution < -0.4 is 5.32 Å². The van der Waals surface area contributed by atoms with Gasteiger partial charge in [0.25, 0.3) is 0 Å². The van der Waals surface area contributed by atoms with Gasteiger partial charge in [0.15, 0.2) is 0 Å². The van der Waals surface area contributed by atoms with Gasteiger partial charge in [-0.2, -0.15) is 5.10 Å². The molecule has 1 aromatic heterocycles. The Morgan fingerprint density at radius 3 is 2.85 bits per heavy atom. The Morgan fingerprint density at radius 1 is 1.45 bits per heavy atom. The number of rotatable bonds is 3. The van der Waals surface area contributed by atoms with E-state index in [0.717, 1.165) is 10.9 Å². The Labute approximate surface area is 116 Å². The first-order valence-electron chi connectivity index (χ1n) is 6.27. The molecule has 0 spiro atoms. The maximum Gasteiger partial charge on any atom is 0.408 e. The lowest BCUT2D eigenvalue weighted by molar-refractivity contribution is -0.109. The van der Waals surface area contributed by atoms with Crippen LogP contribution in [0.25, 0.3) is 10.9 Å². The zero-order valence-corrected chi connectivity index (χ0v) is 11.6. The highest BCUT2D eigenvalue weighted by molar-refractivity contribution is 5.86. The summed E-state index contributed by atoms with van der Waals surface area (Å²) in [7, 11) is 0. The number of carbonyl (C=O) groups excluding carboxylic acids is 2. The van der Waals surface area contributed by atoms with Crippen molar-refractivity contribution in [2.45, 2.75) is 32.4 Å². The van der Waals surface area contributed by atoms with Crippen LogP contribution in [-0.2, 0) is 9.53 Å². The predicted octanol–water partition coefficient (Wildman–Crippen LogP) is 2.33. The van der Waals surface area contributed by atoms with Crippen molar-refractivity contribution in [3.05, 3.63) is 30.0 Å². The molecule has 106 valence electrons. The third kappa shape index (κ3) is 3.14. The van der Waals surface area contributed by atoms with Gasteiger partial charge in [0.05, 0.1) is 11.7 Å². The van der Waals surface area contributed by atoms with Crippen molar-refractivity contribution in [2.24, 2.45) is 0 Å². The van der Waals surface area contributed by atoms with E-state index >= 15 is 0 Å². The Bertz CT molecular complexity index is 628. The highest BCUT2D eigenvalue weighted by Crippen LogP contribution is 2.21. The molecule has 2 rings (SSSR count). The number of amides is 1. The van der Waals surface area contributed by atoms with Crippen molar-refractivity contribution in [1.82, 2.24) is 15.5 Å². The number of aromatic nitrogens is 2. The molecule has 0 saturated carbocycles. The van der Waals surface area contributed by atoms with E-state index in [9.17, 15) is 9.59 Å². The van der Waals surface area contributed by atoms with E-state index in [1.165, 1.54) is 0 Å². The average molecular weight is 275 g/mol. The summed E-state index contributed by atoms with van der Waals surface area (Å²) >= 11 is 0. The largest absolute Gasteiger partial charge is 0.444 e. The molecule has 0 saturated heterocycles. The SMILES string of the molecule is CC(C)(C)OC(=O)NC(C=O)c1cccc2cn[nH]c12. The molecule has 2 N–H and O–H groups in total. The van der Waals surface area contributed by atoms with Crippen molar-refractivity contribution < 1.29 is 14.3 Å². The number of nitrogens with zero attached hydrogens (tertiary/aromatic N) is 1. The molecule has 1 atom stereocenters. The minimum Gasteiger partial charge on any atom is -0.444 e. The van der Waals surface area contributed by atoms with Gasteiger partial charge in [-0.05, 0) is 20.8 Å². The molecule has 6 heteroatoms. The summed E-state index contributed by atoms with van der Waals surface area (Å²) in [5, 5.41) is 10.2. The molecule has 0 aliphatic carbocycles. The Kier molecular flexibility index (Phi) is 3.74. The average Bonchev–Trinajstić information content (AvgIpc) is 2.81. The molecular weight excluding hydrogens is 258 g/mol. The van der Waals surface area contributed by atoms with Crippen molar-refractivity contribution >= 4 is 23.3 Å². The number of ether oxygens (including phenoxy) is 1. The van der Waals surface area contributed by atoms with E-state index in [4.69, 9.17) is 4.74 Å². The smallest absolute Gasteiger partial charge is 0.408 e. The number of aldehydes is 1. The Hall–Kier alpha value is -2.37. The van der Waals surface area contributed by atoms with Crippen LogP contribution in [0.15, 0.2) is 24.4 Å². The molecule has 20 heavy (non-hydrogen) atoms. The summed E-state index contributed by atoms with van der Waals surface area (Å²) in [5.74, 6) is 0. The van der Waals surface area contributed by atoms with Crippen molar-refractivity contribution in [3.8, 4) is 0 Å². The van der Waals surface area contributed by atoms with Crippen LogP contribution in [-0.4, -0.2) is 28.2 Å². The first kappa shape index (κ1) is 14.0. The maximum absolute atomic E-state index is 11.8. The van der Waals surface area contributed by atoms with Crippen LogP contribution >= 0.6 is 0 Å². The lowest BCUT2D eigenvalue weighted by Crippen LogP contribution is -2.35. The number of hydrogen-bond acceptors (Lipinski definition) is 4. The van der Waals surface area contributed by atoms with Crippen LogP contribution in [0.5, 0.6) is 0 Å². The molecule has 1 heterocycles. The number of para-hydroxylation sites is 1. The van der Waals surface area contributed by atoms with Crippen LogP contribution in [0.4, 0.5) is 4.79 Å². The third-order valence-corrected chi connectivity index (χ3v) is 2.65. The monoisotopic (exact) mass is 275 g/mol. The van der Waals surface area contributed by atoms with Gasteiger partial charge >= 0.3 is 6.09 Å². The number of aromatic amines is 1. The van der Waals surface area contributed by atoms with Gasteiger partial charge in [-0.15, -0.1) is 0 Å². The lowest BCUT2D eigenvalue weighted by Gasteiger charge is -2.21. The number of benzene rings is 1.